The maximum Gasteiger partial charge on any atom is 0.244 e. The summed E-state index contributed by atoms with van der Waals surface area (Å²) >= 11 is 3.22. The van der Waals surface area contributed by atoms with E-state index in [4.69, 9.17) is 5.26 Å². The van der Waals surface area contributed by atoms with Crippen molar-refractivity contribution in [2.75, 3.05) is 13.1 Å². The van der Waals surface area contributed by atoms with Gasteiger partial charge < -0.3 is 0 Å². The third kappa shape index (κ3) is 2.82. The van der Waals surface area contributed by atoms with Gasteiger partial charge in [0, 0.05) is 11.0 Å². The summed E-state index contributed by atoms with van der Waals surface area (Å²) in [6.45, 7) is 1.85. The van der Waals surface area contributed by atoms with Gasteiger partial charge in [-0.25, -0.2) is 8.42 Å². The van der Waals surface area contributed by atoms with Gasteiger partial charge in [-0.1, -0.05) is 28.9 Å². The summed E-state index contributed by atoms with van der Waals surface area (Å²) in [4.78, 5) is 0.193. The molecule has 0 radical (unpaired) electrons. The second kappa shape index (κ2) is 5.43. The van der Waals surface area contributed by atoms with Crippen LogP contribution in [-0.2, 0) is 10.0 Å². The molecule has 1 rings (SSSR count). The number of hydrogen-bond acceptors (Lipinski definition) is 3. The molecule has 0 saturated heterocycles. The van der Waals surface area contributed by atoms with Crippen molar-refractivity contribution in [3.63, 3.8) is 0 Å². The number of hydrogen-bond donors (Lipinski definition) is 0. The first kappa shape index (κ1) is 13.2. The molecule has 0 unspecified atom stereocenters. The molecule has 0 atom stereocenters. The van der Waals surface area contributed by atoms with Crippen LogP contribution in [0.4, 0.5) is 0 Å². The molecular weight excluding hydrogens is 292 g/mol. The van der Waals surface area contributed by atoms with Crippen LogP contribution in [0.3, 0.4) is 0 Å². The number of sulfonamides is 1. The van der Waals surface area contributed by atoms with Crippen LogP contribution in [0.1, 0.15) is 6.92 Å². The molecule has 0 aliphatic heterocycles. The van der Waals surface area contributed by atoms with Gasteiger partial charge in [0.25, 0.3) is 0 Å². The Morgan fingerprint density at radius 3 is 2.69 bits per heavy atom. The van der Waals surface area contributed by atoms with Gasteiger partial charge in [0.1, 0.15) is 6.54 Å². The van der Waals surface area contributed by atoms with Gasteiger partial charge in [-0.05, 0) is 18.2 Å². The smallest absolute Gasteiger partial charge is 0.207 e. The SMILES string of the molecule is CCN(CC#N)S(=O)(=O)c1cccc(Br)c1. The third-order valence-corrected chi connectivity index (χ3v) is 4.44. The van der Waals surface area contributed by atoms with Crippen LogP contribution < -0.4 is 0 Å². The largest absolute Gasteiger partial charge is 0.244 e. The molecule has 0 N–H and O–H groups in total. The average molecular weight is 303 g/mol. The molecule has 0 saturated carbocycles. The van der Waals surface area contributed by atoms with Gasteiger partial charge in [-0.3, -0.25) is 0 Å². The molecule has 0 heterocycles. The summed E-state index contributed by atoms with van der Waals surface area (Å²) in [5.41, 5.74) is 0. The number of nitriles is 1. The highest BCUT2D eigenvalue weighted by Gasteiger charge is 2.22. The Kier molecular flexibility index (Phi) is 4.47. The van der Waals surface area contributed by atoms with Crippen molar-refractivity contribution in [2.45, 2.75) is 11.8 Å². The van der Waals surface area contributed by atoms with E-state index in [0.29, 0.717) is 4.47 Å². The molecule has 1 aromatic carbocycles. The molecule has 0 aliphatic carbocycles. The highest BCUT2D eigenvalue weighted by Crippen LogP contribution is 2.19. The lowest BCUT2D eigenvalue weighted by molar-refractivity contribution is 0.462. The molecule has 1 aromatic rings. The molecule has 0 bridgehead atoms. The fourth-order valence-electron chi connectivity index (χ4n) is 1.22. The van der Waals surface area contributed by atoms with Gasteiger partial charge in [-0.15, -0.1) is 0 Å². The van der Waals surface area contributed by atoms with Crippen LogP contribution in [0, 0.1) is 11.3 Å². The van der Waals surface area contributed by atoms with Gasteiger partial charge in [-0.2, -0.15) is 9.57 Å². The maximum atomic E-state index is 12.1. The molecule has 0 spiro atoms. The zero-order valence-electron chi connectivity index (χ0n) is 8.72. The van der Waals surface area contributed by atoms with Crippen molar-refractivity contribution < 1.29 is 8.42 Å². The lowest BCUT2D eigenvalue weighted by Crippen LogP contribution is -2.31. The van der Waals surface area contributed by atoms with Crippen LogP contribution >= 0.6 is 15.9 Å². The van der Waals surface area contributed by atoms with E-state index in [1.807, 2.05) is 6.07 Å². The first-order valence-electron chi connectivity index (χ1n) is 4.65. The minimum absolute atomic E-state index is 0.134. The van der Waals surface area contributed by atoms with Crippen molar-refractivity contribution in [3.8, 4) is 6.07 Å². The van der Waals surface area contributed by atoms with Crippen LogP contribution in [0.2, 0.25) is 0 Å². The molecule has 6 heteroatoms. The average Bonchev–Trinajstić information content (AvgIpc) is 2.25. The van der Waals surface area contributed by atoms with E-state index in [9.17, 15) is 8.42 Å². The van der Waals surface area contributed by atoms with Gasteiger partial charge in [0.2, 0.25) is 10.0 Å². The summed E-state index contributed by atoms with van der Waals surface area (Å²) in [7, 11) is -3.55. The summed E-state index contributed by atoms with van der Waals surface area (Å²) in [5, 5.41) is 8.57. The number of rotatable bonds is 4. The lowest BCUT2D eigenvalue weighted by Gasteiger charge is -2.17. The second-order valence-corrected chi connectivity index (χ2v) is 5.90. The lowest BCUT2D eigenvalue weighted by atomic mass is 10.4. The fraction of sp³-hybridized carbons (Fsp3) is 0.300. The third-order valence-electron chi connectivity index (χ3n) is 2.03. The van der Waals surface area contributed by atoms with Gasteiger partial charge in [0.15, 0.2) is 0 Å². The Labute approximate surface area is 104 Å². The van der Waals surface area contributed by atoms with E-state index in [-0.39, 0.29) is 18.0 Å². The van der Waals surface area contributed by atoms with Crippen molar-refractivity contribution in [1.29, 1.82) is 5.26 Å². The summed E-state index contributed by atoms with van der Waals surface area (Å²) in [5.74, 6) is 0. The minimum atomic E-state index is -3.55. The van der Waals surface area contributed by atoms with E-state index in [2.05, 4.69) is 15.9 Å². The molecule has 4 nitrogen and oxygen atoms in total. The zero-order valence-corrected chi connectivity index (χ0v) is 11.1. The van der Waals surface area contributed by atoms with E-state index in [1.54, 1.807) is 19.1 Å². The first-order valence-corrected chi connectivity index (χ1v) is 6.88. The van der Waals surface area contributed by atoms with Crippen molar-refractivity contribution in [1.82, 2.24) is 4.31 Å². The van der Waals surface area contributed by atoms with E-state index >= 15 is 0 Å². The highest BCUT2D eigenvalue weighted by atomic mass is 79.9. The molecule has 86 valence electrons. The topological polar surface area (TPSA) is 61.2 Å². The fourth-order valence-corrected chi connectivity index (χ4v) is 3.17. The Balaban J connectivity index is 3.16. The monoisotopic (exact) mass is 302 g/mol. The molecule has 0 aromatic heterocycles. The summed E-state index contributed by atoms with van der Waals surface area (Å²) in [6.07, 6.45) is 0. The van der Waals surface area contributed by atoms with Gasteiger partial charge in [0.05, 0.1) is 11.0 Å². The van der Waals surface area contributed by atoms with Crippen molar-refractivity contribution in [3.05, 3.63) is 28.7 Å². The van der Waals surface area contributed by atoms with Crippen LogP contribution in [0.15, 0.2) is 33.6 Å². The van der Waals surface area contributed by atoms with Crippen LogP contribution in [0.5, 0.6) is 0 Å². The second-order valence-electron chi connectivity index (χ2n) is 3.05. The highest BCUT2D eigenvalue weighted by molar-refractivity contribution is 9.10. The molecule has 0 fully saturated rings. The van der Waals surface area contributed by atoms with Crippen LogP contribution in [0.25, 0.3) is 0 Å². The first-order chi connectivity index (χ1) is 7.52. The van der Waals surface area contributed by atoms with E-state index in [0.717, 1.165) is 4.31 Å². The number of halogens is 1. The predicted molar refractivity (Wildman–Crippen MR) is 64.2 cm³/mol. The zero-order chi connectivity index (χ0) is 12.2. The van der Waals surface area contributed by atoms with E-state index in [1.165, 1.54) is 12.1 Å². The normalized spacial score (nSPS) is 11.4. The predicted octanol–water partition coefficient (Wildman–Crippen LogP) is 1.98. The molecule has 0 aliphatic rings. The Hall–Kier alpha value is -0.900. The Morgan fingerprint density at radius 1 is 1.50 bits per heavy atom. The Morgan fingerprint density at radius 2 is 2.19 bits per heavy atom. The molecule has 16 heavy (non-hydrogen) atoms. The molecule has 0 amide bonds. The maximum absolute atomic E-state index is 12.1. The number of nitrogens with zero attached hydrogens (tertiary/aromatic N) is 2. The van der Waals surface area contributed by atoms with Crippen molar-refractivity contribution >= 4 is 26.0 Å². The minimum Gasteiger partial charge on any atom is -0.207 e. The molecular formula is C10H11BrN2O2S. The van der Waals surface area contributed by atoms with E-state index < -0.39 is 10.0 Å². The van der Waals surface area contributed by atoms with Crippen molar-refractivity contribution in [2.24, 2.45) is 0 Å². The Bertz CT molecular complexity index is 508. The van der Waals surface area contributed by atoms with Gasteiger partial charge >= 0.3 is 0 Å². The van der Waals surface area contributed by atoms with Crippen LogP contribution in [-0.4, -0.2) is 25.8 Å². The summed E-state index contributed by atoms with van der Waals surface area (Å²) in [6, 6.07) is 8.28. The standard InChI is InChI=1S/C10H11BrN2O2S/c1-2-13(7-6-12)16(14,15)10-5-3-4-9(11)8-10/h3-5,8H,2,7H2,1H3. The number of benzene rings is 1. The summed E-state index contributed by atoms with van der Waals surface area (Å²) < 4.78 is 25.9. The quantitative estimate of drug-likeness (QED) is 0.799.